The molecule has 0 aliphatic heterocycles. The largest absolute Gasteiger partial charge is 0.494 e. The maximum Gasteiger partial charge on any atom is 0.234 e. The second-order valence-electron chi connectivity index (χ2n) is 5.07. The second-order valence-corrected chi connectivity index (χ2v) is 5.07. The molecule has 122 valence electrons. The van der Waals surface area contributed by atoms with E-state index in [1.807, 2.05) is 37.8 Å². The average molecular weight is 306 g/mol. The van der Waals surface area contributed by atoms with Gasteiger partial charge >= 0.3 is 0 Å². The van der Waals surface area contributed by atoms with Crippen molar-refractivity contribution in [1.29, 1.82) is 0 Å². The summed E-state index contributed by atoms with van der Waals surface area (Å²) in [5, 5.41) is 2.80. The van der Waals surface area contributed by atoms with Gasteiger partial charge in [0.15, 0.2) is 5.78 Å². The van der Waals surface area contributed by atoms with Gasteiger partial charge in [-0.2, -0.15) is 0 Å². The molecule has 0 aromatic heterocycles. The highest BCUT2D eigenvalue weighted by atomic mass is 16.5. The second kappa shape index (κ2) is 9.20. The molecule has 1 N–H and O–H groups in total. The van der Waals surface area contributed by atoms with Crippen molar-refractivity contribution < 1.29 is 14.3 Å². The van der Waals surface area contributed by atoms with Crippen LogP contribution in [0.5, 0.6) is 5.75 Å². The molecule has 0 saturated carbocycles. The van der Waals surface area contributed by atoms with E-state index in [1.54, 1.807) is 13.0 Å². The highest BCUT2D eigenvalue weighted by molar-refractivity contribution is 5.94. The summed E-state index contributed by atoms with van der Waals surface area (Å²) in [5.74, 6) is 0.794. The molecule has 22 heavy (non-hydrogen) atoms. The van der Waals surface area contributed by atoms with Crippen molar-refractivity contribution in [2.45, 2.75) is 34.2 Å². The normalized spacial score (nSPS) is 10.6. The van der Waals surface area contributed by atoms with Gasteiger partial charge in [0.1, 0.15) is 5.75 Å². The first-order valence-corrected chi connectivity index (χ1v) is 7.77. The number of amides is 1. The number of ether oxygens (including phenoxy) is 1. The van der Waals surface area contributed by atoms with Crippen molar-refractivity contribution in [3.05, 3.63) is 29.3 Å². The monoisotopic (exact) mass is 306 g/mol. The summed E-state index contributed by atoms with van der Waals surface area (Å²) < 4.78 is 5.63. The Hall–Kier alpha value is -1.88. The third kappa shape index (κ3) is 5.48. The Morgan fingerprint density at radius 2 is 1.95 bits per heavy atom. The van der Waals surface area contributed by atoms with E-state index in [0.29, 0.717) is 31.8 Å². The number of rotatable bonds is 9. The summed E-state index contributed by atoms with van der Waals surface area (Å²) in [7, 11) is 0. The Labute approximate surface area is 132 Å². The quantitative estimate of drug-likeness (QED) is 0.711. The molecule has 0 aliphatic carbocycles. The number of hydrogen-bond acceptors (Lipinski definition) is 4. The Morgan fingerprint density at radius 1 is 1.23 bits per heavy atom. The molecule has 0 heterocycles. The fourth-order valence-electron chi connectivity index (χ4n) is 2.19. The van der Waals surface area contributed by atoms with Crippen LogP contribution in [-0.4, -0.2) is 42.8 Å². The fraction of sp³-hybridized carbons (Fsp3) is 0.529. The number of carbonyl (C=O) groups excluding carboxylic acids is 2. The van der Waals surface area contributed by atoms with Crippen LogP contribution in [0.3, 0.4) is 0 Å². The lowest BCUT2D eigenvalue weighted by atomic mass is 10.1. The number of ketones is 1. The third-order valence-corrected chi connectivity index (χ3v) is 3.35. The maximum atomic E-state index is 11.8. The van der Waals surface area contributed by atoms with Gasteiger partial charge in [0.25, 0.3) is 0 Å². The van der Waals surface area contributed by atoms with E-state index in [-0.39, 0.29) is 11.7 Å². The molecule has 5 heteroatoms. The van der Waals surface area contributed by atoms with Gasteiger partial charge in [-0.3, -0.25) is 14.5 Å². The summed E-state index contributed by atoms with van der Waals surface area (Å²) in [5.41, 5.74) is 1.59. The van der Waals surface area contributed by atoms with Crippen molar-refractivity contribution in [2.24, 2.45) is 0 Å². The standard InChI is InChI=1S/C17H26N2O3/c1-5-18-17(21)12-19(6-2)11-15-10-14(13(4)20)8-9-16(15)22-7-3/h8-10H,5-7,11-12H2,1-4H3,(H,18,21). The van der Waals surface area contributed by atoms with Crippen molar-refractivity contribution in [1.82, 2.24) is 10.2 Å². The van der Waals surface area contributed by atoms with E-state index in [9.17, 15) is 9.59 Å². The zero-order valence-corrected chi connectivity index (χ0v) is 13.9. The van der Waals surface area contributed by atoms with Crippen molar-refractivity contribution >= 4 is 11.7 Å². The molecule has 0 spiro atoms. The SMILES string of the molecule is CCNC(=O)CN(CC)Cc1cc(C(C)=O)ccc1OCC. The van der Waals surface area contributed by atoms with E-state index in [1.165, 1.54) is 0 Å². The number of hydrogen-bond donors (Lipinski definition) is 1. The van der Waals surface area contributed by atoms with Crippen molar-refractivity contribution in [3.63, 3.8) is 0 Å². The van der Waals surface area contributed by atoms with Crippen LogP contribution in [-0.2, 0) is 11.3 Å². The molecular formula is C17H26N2O3. The van der Waals surface area contributed by atoms with Crippen LogP contribution < -0.4 is 10.1 Å². The summed E-state index contributed by atoms with van der Waals surface area (Å²) >= 11 is 0. The minimum absolute atomic E-state index is 0.00466. The molecule has 1 aromatic carbocycles. The molecule has 1 rings (SSSR count). The summed E-state index contributed by atoms with van der Waals surface area (Å²) in [6.07, 6.45) is 0. The lowest BCUT2D eigenvalue weighted by molar-refractivity contribution is -0.122. The first kappa shape index (κ1) is 18.2. The van der Waals surface area contributed by atoms with Crippen LogP contribution in [0.1, 0.15) is 43.6 Å². The molecule has 0 bridgehead atoms. The third-order valence-electron chi connectivity index (χ3n) is 3.35. The fourth-order valence-corrected chi connectivity index (χ4v) is 2.19. The minimum atomic E-state index is 0.00466. The van der Waals surface area contributed by atoms with E-state index in [4.69, 9.17) is 4.74 Å². The number of likely N-dealkylation sites (N-methyl/N-ethyl adjacent to an activating group) is 2. The molecule has 0 unspecified atom stereocenters. The Balaban J connectivity index is 2.93. The first-order valence-electron chi connectivity index (χ1n) is 7.77. The van der Waals surface area contributed by atoms with Crippen LogP contribution in [0.15, 0.2) is 18.2 Å². The lowest BCUT2D eigenvalue weighted by Gasteiger charge is -2.21. The van der Waals surface area contributed by atoms with Crippen LogP contribution in [0, 0.1) is 0 Å². The zero-order valence-electron chi connectivity index (χ0n) is 13.9. The first-order chi connectivity index (χ1) is 10.5. The molecule has 0 radical (unpaired) electrons. The minimum Gasteiger partial charge on any atom is -0.494 e. The van der Waals surface area contributed by atoms with E-state index < -0.39 is 0 Å². The summed E-state index contributed by atoms with van der Waals surface area (Å²) in [6, 6.07) is 5.46. The zero-order chi connectivity index (χ0) is 16.5. The van der Waals surface area contributed by atoms with E-state index >= 15 is 0 Å². The number of Topliss-reactive ketones (excluding diaryl/α,β-unsaturated/α-hetero) is 1. The number of benzene rings is 1. The molecule has 0 fully saturated rings. The maximum absolute atomic E-state index is 11.8. The molecule has 0 saturated heterocycles. The topological polar surface area (TPSA) is 58.6 Å². The van der Waals surface area contributed by atoms with Gasteiger partial charge in [-0.15, -0.1) is 0 Å². The van der Waals surface area contributed by atoms with E-state index in [2.05, 4.69) is 5.32 Å². The van der Waals surface area contributed by atoms with Gasteiger partial charge in [-0.25, -0.2) is 0 Å². The van der Waals surface area contributed by atoms with Crippen LogP contribution >= 0.6 is 0 Å². The van der Waals surface area contributed by atoms with Crippen molar-refractivity contribution in [3.8, 4) is 5.75 Å². The molecule has 0 aliphatic rings. The van der Waals surface area contributed by atoms with Crippen LogP contribution in [0.4, 0.5) is 0 Å². The molecule has 0 atom stereocenters. The van der Waals surface area contributed by atoms with Gasteiger partial charge in [0.05, 0.1) is 13.2 Å². The summed E-state index contributed by atoms with van der Waals surface area (Å²) in [6.45, 7) is 10.2. The highest BCUT2D eigenvalue weighted by Gasteiger charge is 2.13. The Morgan fingerprint density at radius 3 is 2.50 bits per heavy atom. The lowest BCUT2D eigenvalue weighted by Crippen LogP contribution is -2.36. The van der Waals surface area contributed by atoms with Gasteiger partial charge in [0, 0.05) is 24.2 Å². The van der Waals surface area contributed by atoms with Gasteiger partial charge in [-0.05, 0) is 45.5 Å². The van der Waals surface area contributed by atoms with Gasteiger partial charge < -0.3 is 10.1 Å². The molecular weight excluding hydrogens is 280 g/mol. The van der Waals surface area contributed by atoms with E-state index in [0.717, 1.165) is 17.9 Å². The Kier molecular flexibility index (Phi) is 7.60. The number of nitrogens with zero attached hydrogens (tertiary/aromatic N) is 1. The molecule has 1 aromatic rings. The Bertz CT molecular complexity index is 515. The van der Waals surface area contributed by atoms with Gasteiger partial charge in [-0.1, -0.05) is 6.92 Å². The average Bonchev–Trinajstić information content (AvgIpc) is 2.48. The van der Waals surface area contributed by atoms with Crippen LogP contribution in [0.25, 0.3) is 0 Å². The predicted octanol–water partition coefficient (Wildman–Crippen LogP) is 2.25. The molecule has 1 amide bonds. The van der Waals surface area contributed by atoms with Crippen molar-refractivity contribution in [2.75, 3.05) is 26.2 Å². The predicted molar refractivity (Wildman–Crippen MR) is 87.3 cm³/mol. The molecule has 5 nitrogen and oxygen atoms in total. The smallest absolute Gasteiger partial charge is 0.234 e. The van der Waals surface area contributed by atoms with Gasteiger partial charge in [0.2, 0.25) is 5.91 Å². The van der Waals surface area contributed by atoms with Crippen LogP contribution in [0.2, 0.25) is 0 Å². The highest BCUT2D eigenvalue weighted by Crippen LogP contribution is 2.22. The summed E-state index contributed by atoms with van der Waals surface area (Å²) in [4.78, 5) is 25.3. The number of carbonyl (C=O) groups is 2. The number of nitrogens with one attached hydrogen (secondary N) is 1.